The van der Waals surface area contributed by atoms with E-state index in [0.29, 0.717) is 0 Å². The van der Waals surface area contributed by atoms with Crippen LogP contribution in [-0.2, 0) is 0 Å². The molecule has 0 aliphatic rings. The van der Waals surface area contributed by atoms with E-state index in [1.165, 1.54) is 81.7 Å². The molecule has 41 heavy (non-hydrogen) atoms. The largest absolute Gasteiger partial charge is 0.0707 e. The van der Waals surface area contributed by atoms with Gasteiger partial charge in [-0.25, -0.2) is 0 Å². The summed E-state index contributed by atoms with van der Waals surface area (Å²) >= 11 is 0. The van der Waals surface area contributed by atoms with Gasteiger partial charge in [0.25, 0.3) is 0 Å². The van der Waals surface area contributed by atoms with Crippen LogP contribution in [0, 0.1) is 0 Å². The average Bonchev–Trinajstić information content (AvgIpc) is 3.04. The zero-order valence-corrected chi connectivity index (χ0v) is 24.9. The second-order valence-corrected chi connectivity index (χ2v) is 12.1. The molecule has 8 aromatic carbocycles. The smallest absolute Gasteiger partial charge is 0.0384 e. The van der Waals surface area contributed by atoms with E-state index >= 15 is 0 Å². The number of benzene rings is 8. The first-order chi connectivity index (χ1) is 20.3. The summed E-state index contributed by atoms with van der Waals surface area (Å²) in [5, 5.41) is 11.7. The molecule has 0 saturated carbocycles. The molecule has 0 N–H and O–H groups in total. The maximum absolute atomic E-state index is 2.32. The lowest BCUT2D eigenvalue weighted by Crippen LogP contribution is -2.00. The molecule has 0 bridgehead atoms. The molecular formula is C40H28Si. The molecule has 0 nitrogen and oxygen atoms in total. The van der Waals surface area contributed by atoms with Crippen LogP contribution in [0.5, 0.6) is 0 Å². The molecule has 0 aliphatic heterocycles. The van der Waals surface area contributed by atoms with Crippen molar-refractivity contribution in [3.05, 3.63) is 152 Å². The third kappa shape index (κ3) is 3.74. The van der Waals surface area contributed by atoms with Gasteiger partial charge in [-0.2, -0.15) is 0 Å². The van der Waals surface area contributed by atoms with Gasteiger partial charge in [-0.1, -0.05) is 157 Å². The van der Waals surface area contributed by atoms with E-state index in [9.17, 15) is 0 Å². The van der Waals surface area contributed by atoms with Gasteiger partial charge < -0.3 is 0 Å². The highest BCUT2D eigenvalue weighted by Gasteiger charge is 2.21. The van der Waals surface area contributed by atoms with Gasteiger partial charge in [-0.3, -0.25) is 0 Å². The fourth-order valence-corrected chi connectivity index (χ4v) is 7.08. The lowest BCUT2D eigenvalue weighted by atomic mass is 9.81. The molecule has 0 aliphatic carbocycles. The van der Waals surface area contributed by atoms with Gasteiger partial charge in [-0.15, -0.1) is 0 Å². The van der Waals surface area contributed by atoms with Crippen molar-refractivity contribution in [3.63, 3.8) is 0 Å². The zero-order chi connectivity index (χ0) is 27.3. The van der Waals surface area contributed by atoms with E-state index in [1.807, 2.05) is 0 Å². The first kappa shape index (κ1) is 23.9. The lowest BCUT2D eigenvalue weighted by Gasteiger charge is -2.22. The Balaban J connectivity index is 1.60. The molecular weight excluding hydrogens is 509 g/mol. The highest BCUT2D eigenvalue weighted by molar-refractivity contribution is 6.33. The summed E-state index contributed by atoms with van der Waals surface area (Å²) in [4.78, 5) is 0. The predicted octanol–water partition coefficient (Wildman–Crippen LogP) is 9.29. The van der Waals surface area contributed by atoms with Crippen LogP contribution < -0.4 is 5.19 Å². The quantitative estimate of drug-likeness (QED) is 0.156. The van der Waals surface area contributed by atoms with E-state index in [1.54, 1.807) is 0 Å². The lowest BCUT2D eigenvalue weighted by molar-refractivity contribution is 1.66. The van der Waals surface area contributed by atoms with Crippen molar-refractivity contribution >= 4 is 58.5 Å². The molecule has 0 unspecified atom stereocenters. The summed E-state index contributed by atoms with van der Waals surface area (Å²) in [6.45, 7) is 0. The molecule has 0 amide bonds. The maximum atomic E-state index is 2.32. The first-order valence-electron chi connectivity index (χ1n) is 14.3. The van der Waals surface area contributed by atoms with Crippen LogP contribution in [0.15, 0.2) is 152 Å². The summed E-state index contributed by atoms with van der Waals surface area (Å²) < 4.78 is 0. The molecule has 8 aromatic rings. The first-order valence-corrected chi connectivity index (χ1v) is 15.3. The summed E-state index contributed by atoms with van der Waals surface area (Å²) in [6.07, 6.45) is 0. The van der Waals surface area contributed by atoms with Crippen molar-refractivity contribution in [1.29, 1.82) is 0 Å². The van der Waals surface area contributed by atoms with Crippen molar-refractivity contribution in [1.82, 2.24) is 0 Å². The molecule has 0 atom stereocenters. The van der Waals surface area contributed by atoms with Crippen molar-refractivity contribution in [2.45, 2.75) is 0 Å². The van der Waals surface area contributed by atoms with Crippen molar-refractivity contribution in [2.75, 3.05) is 0 Å². The average molecular weight is 537 g/mol. The minimum absolute atomic E-state index is 1.06. The Morgan fingerprint density at radius 2 is 0.512 bits per heavy atom. The Labute approximate surface area is 243 Å². The van der Waals surface area contributed by atoms with Crippen molar-refractivity contribution in [2.24, 2.45) is 0 Å². The monoisotopic (exact) mass is 536 g/mol. The number of hydrogen-bond acceptors (Lipinski definition) is 0. The maximum Gasteiger partial charge on any atom is 0.0384 e. The van der Waals surface area contributed by atoms with Gasteiger partial charge in [0.1, 0.15) is 0 Å². The Morgan fingerprint density at radius 3 is 0.854 bits per heavy atom. The van der Waals surface area contributed by atoms with Crippen LogP contribution in [0.2, 0.25) is 0 Å². The van der Waals surface area contributed by atoms with E-state index in [0.717, 1.165) is 10.2 Å². The molecule has 1 heteroatoms. The minimum atomic E-state index is 1.06. The van der Waals surface area contributed by atoms with Gasteiger partial charge in [0.15, 0.2) is 0 Å². The van der Waals surface area contributed by atoms with E-state index in [-0.39, 0.29) is 0 Å². The van der Waals surface area contributed by atoms with E-state index in [2.05, 4.69) is 152 Å². The van der Waals surface area contributed by atoms with Crippen molar-refractivity contribution in [3.8, 4) is 33.4 Å². The van der Waals surface area contributed by atoms with Crippen LogP contribution in [-0.4, -0.2) is 10.2 Å². The standard InChI is InChI=1S/C40H28Si/c41-28-24-22-27(23-25-28)38-31-16-6-10-20-35(31)40(36-21-11-7-17-32(36)38)39-33-18-8-4-14-29(33)37(26-12-2-1-3-13-26)30-15-5-9-19-34(30)39/h1-25H,41H3. The van der Waals surface area contributed by atoms with Crippen LogP contribution in [0.4, 0.5) is 0 Å². The van der Waals surface area contributed by atoms with Gasteiger partial charge >= 0.3 is 0 Å². The second-order valence-electron chi connectivity index (χ2n) is 10.9. The normalized spacial score (nSPS) is 11.6. The van der Waals surface area contributed by atoms with Gasteiger partial charge in [0, 0.05) is 10.2 Å². The third-order valence-corrected chi connectivity index (χ3v) is 9.18. The summed E-state index contributed by atoms with van der Waals surface area (Å²) in [5.74, 6) is 0. The Kier molecular flexibility index (Phi) is 5.58. The fraction of sp³-hybridized carbons (Fsp3) is 0. The van der Waals surface area contributed by atoms with E-state index in [4.69, 9.17) is 0 Å². The topological polar surface area (TPSA) is 0 Å². The fourth-order valence-electron chi connectivity index (χ4n) is 6.74. The second kappa shape index (κ2) is 9.59. The molecule has 0 spiro atoms. The molecule has 192 valence electrons. The SMILES string of the molecule is [SiH3]c1ccc(-c2c3ccccc3c(-c3c4ccccc4c(-c4ccccc4)c4ccccc34)c3ccccc23)cc1. The van der Waals surface area contributed by atoms with Crippen LogP contribution >= 0.6 is 0 Å². The summed E-state index contributed by atoms with van der Waals surface area (Å²) in [6, 6.07) is 55.9. The van der Waals surface area contributed by atoms with Crippen LogP contribution in [0.1, 0.15) is 0 Å². The minimum Gasteiger partial charge on any atom is -0.0707 e. The third-order valence-electron chi connectivity index (χ3n) is 8.52. The van der Waals surface area contributed by atoms with E-state index < -0.39 is 0 Å². The van der Waals surface area contributed by atoms with Crippen LogP contribution in [0.25, 0.3) is 76.5 Å². The highest BCUT2D eigenvalue weighted by atomic mass is 28.1. The summed E-state index contributed by atoms with van der Waals surface area (Å²) in [7, 11) is 1.06. The van der Waals surface area contributed by atoms with Crippen LogP contribution in [0.3, 0.4) is 0 Å². The molecule has 0 saturated heterocycles. The van der Waals surface area contributed by atoms with Gasteiger partial charge in [-0.05, 0) is 76.5 Å². The number of rotatable bonds is 3. The molecule has 0 radical (unpaired) electrons. The molecule has 0 fully saturated rings. The van der Waals surface area contributed by atoms with Gasteiger partial charge in [0.2, 0.25) is 0 Å². The molecule has 8 rings (SSSR count). The molecule has 0 heterocycles. The Hall–Kier alpha value is -4.98. The molecule has 0 aromatic heterocycles. The van der Waals surface area contributed by atoms with Gasteiger partial charge in [0.05, 0.1) is 0 Å². The zero-order valence-electron chi connectivity index (χ0n) is 22.9. The number of hydrogen-bond donors (Lipinski definition) is 0. The summed E-state index contributed by atoms with van der Waals surface area (Å²) in [5.41, 5.74) is 7.76. The number of fused-ring (bicyclic) bond motifs is 4. The Morgan fingerprint density at radius 1 is 0.244 bits per heavy atom. The highest BCUT2D eigenvalue weighted by Crippen LogP contribution is 2.49. The van der Waals surface area contributed by atoms with Crippen molar-refractivity contribution < 1.29 is 0 Å². The Bertz CT molecular complexity index is 2130. The predicted molar refractivity (Wildman–Crippen MR) is 182 cm³/mol.